The van der Waals surface area contributed by atoms with E-state index >= 15 is 0 Å². The maximum atomic E-state index is 12.6. The van der Waals surface area contributed by atoms with Crippen LogP contribution in [0.4, 0.5) is 5.69 Å². The van der Waals surface area contributed by atoms with Crippen molar-refractivity contribution in [3.05, 3.63) is 23.8 Å². The van der Waals surface area contributed by atoms with E-state index in [1.54, 1.807) is 0 Å². The van der Waals surface area contributed by atoms with Gasteiger partial charge in [0.05, 0.1) is 11.3 Å². The molecule has 0 bridgehead atoms. The molecule has 0 saturated carbocycles. The van der Waals surface area contributed by atoms with E-state index in [-0.39, 0.29) is 22.2 Å². The third-order valence-electron chi connectivity index (χ3n) is 3.80. The quantitative estimate of drug-likeness (QED) is 0.777. The van der Waals surface area contributed by atoms with E-state index in [2.05, 4.69) is 4.90 Å². The van der Waals surface area contributed by atoms with Gasteiger partial charge in [0.25, 0.3) is 0 Å². The summed E-state index contributed by atoms with van der Waals surface area (Å²) in [5.74, 6) is -1.14. The van der Waals surface area contributed by atoms with Crippen LogP contribution >= 0.6 is 0 Å². The van der Waals surface area contributed by atoms with Crippen LogP contribution in [-0.4, -0.2) is 61.4 Å². The Hall–Kier alpha value is -1.64. The maximum absolute atomic E-state index is 12.6. The van der Waals surface area contributed by atoms with Crippen molar-refractivity contribution in [1.29, 1.82) is 0 Å². The van der Waals surface area contributed by atoms with E-state index in [1.807, 2.05) is 14.0 Å². The van der Waals surface area contributed by atoms with Gasteiger partial charge in [-0.25, -0.2) is 13.2 Å². The average Bonchev–Trinajstić information content (AvgIpc) is 2.41. The van der Waals surface area contributed by atoms with E-state index in [1.165, 1.54) is 22.5 Å². The molecule has 1 aliphatic heterocycles. The fourth-order valence-corrected chi connectivity index (χ4v) is 3.90. The van der Waals surface area contributed by atoms with Gasteiger partial charge in [-0.2, -0.15) is 4.31 Å². The predicted molar refractivity (Wildman–Crippen MR) is 78.7 cm³/mol. The molecule has 1 aliphatic rings. The summed E-state index contributed by atoms with van der Waals surface area (Å²) in [6.07, 6.45) is 0. The Morgan fingerprint density at radius 2 is 2.05 bits per heavy atom. The predicted octanol–water partition coefficient (Wildman–Crippen LogP) is 0.292. The van der Waals surface area contributed by atoms with Gasteiger partial charge in [0.15, 0.2) is 0 Å². The summed E-state index contributed by atoms with van der Waals surface area (Å²) >= 11 is 0. The number of hydrogen-bond donors (Lipinski definition) is 2. The topological polar surface area (TPSA) is 104 Å². The van der Waals surface area contributed by atoms with Gasteiger partial charge in [-0.1, -0.05) is 0 Å². The summed E-state index contributed by atoms with van der Waals surface area (Å²) in [6.45, 7) is 3.38. The number of piperazine rings is 1. The summed E-state index contributed by atoms with van der Waals surface area (Å²) in [5, 5.41) is 8.89. The van der Waals surface area contributed by atoms with Crippen molar-refractivity contribution < 1.29 is 18.3 Å². The lowest BCUT2D eigenvalue weighted by Crippen LogP contribution is -2.51. The standard InChI is InChI=1S/C13H19N3O4S/c1-9-8-16(6-5-15(9)2)21(19,20)12-4-3-10(13(17)18)7-11(12)14/h3-4,7,9H,5-6,8,14H2,1-2H3,(H,17,18). The van der Waals surface area contributed by atoms with Gasteiger partial charge < -0.3 is 15.7 Å². The summed E-state index contributed by atoms with van der Waals surface area (Å²) in [5.41, 5.74) is 5.66. The van der Waals surface area contributed by atoms with Crippen LogP contribution in [0.5, 0.6) is 0 Å². The van der Waals surface area contributed by atoms with Crippen LogP contribution in [-0.2, 0) is 10.0 Å². The van der Waals surface area contributed by atoms with E-state index < -0.39 is 16.0 Å². The van der Waals surface area contributed by atoms with Crippen LogP contribution in [0.3, 0.4) is 0 Å². The zero-order valence-electron chi connectivity index (χ0n) is 12.0. The number of nitrogens with zero attached hydrogens (tertiary/aromatic N) is 2. The van der Waals surface area contributed by atoms with Gasteiger partial charge in [0.1, 0.15) is 4.90 Å². The Bertz CT molecular complexity index is 659. The van der Waals surface area contributed by atoms with Crippen LogP contribution in [0, 0.1) is 0 Å². The van der Waals surface area contributed by atoms with Gasteiger partial charge in [0, 0.05) is 25.7 Å². The first-order valence-electron chi connectivity index (χ1n) is 6.56. The maximum Gasteiger partial charge on any atom is 0.335 e. The molecule has 1 fully saturated rings. The molecule has 0 aromatic heterocycles. The summed E-state index contributed by atoms with van der Waals surface area (Å²) < 4.78 is 26.6. The minimum Gasteiger partial charge on any atom is -0.478 e. The van der Waals surface area contributed by atoms with Crippen molar-refractivity contribution in [2.75, 3.05) is 32.4 Å². The van der Waals surface area contributed by atoms with Crippen molar-refractivity contribution >= 4 is 21.7 Å². The van der Waals surface area contributed by atoms with E-state index in [0.717, 1.165) is 0 Å². The molecule has 2 rings (SSSR count). The van der Waals surface area contributed by atoms with Crippen LogP contribution in [0.25, 0.3) is 0 Å². The minimum absolute atomic E-state index is 0.0294. The molecular formula is C13H19N3O4S. The highest BCUT2D eigenvalue weighted by atomic mass is 32.2. The number of sulfonamides is 1. The number of nitrogen functional groups attached to an aromatic ring is 1. The number of nitrogens with two attached hydrogens (primary N) is 1. The monoisotopic (exact) mass is 313 g/mol. The highest BCUT2D eigenvalue weighted by Crippen LogP contribution is 2.25. The van der Waals surface area contributed by atoms with Crippen molar-refractivity contribution in [1.82, 2.24) is 9.21 Å². The summed E-state index contributed by atoms with van der Waals surface area (Å²) in [6, 6.07) is 3.81. The van der Waals surface area contributed by atoms with Gasteiger partial charge >= 0.3 is 5.97 Å². The third kappa shape index (κ3) is 3.02. The smallest absolute Gasteiger partial charge is 0.335 e. The molecule has 1 aromatic rings. The third-order valence-corrected chi connectivity index (χ3v) is 5.74. The Labute approximate surface area is 124 Å². The van der Waals surface area contributed by atoms with E-state index in [4.69, 9.17) is 10.8 Å². The molecule has 1 aromatic carbocycles. The molecular weight excluding hydrogens is 294 g/mol. The van der Waals surface area contributed by atoms with Crippen molar-refractivity contribution in [3.8, 4) is 0 Å². The number of carboxylic acid groups (broad SMARTS) is 1. The molecule has 7 nitrogen and oxygen atoms in total. The highest BCUT2D eigenvalue weighted by Gasteiger charge is 2.32. The van der Waals surface area contributed by atoms with Gasteiger partial charge in [0.2, 0.25) is 10.0 Å². The first-order chi connectivity index (χ1) is 9.73. The van der Waals surface area contributed by atoms with E-state index in [9.17, 15) is 13.2 Å². The normalized spacial score (nSPS) is 21.3. The molecule has 21 heavy (non-hydrogen) atoms. The number of aromatic carboxylic acids is 1. The number of anilines is 1. The van der Waals surface area contributed by atoms with Crippen molar-refractivity contribution in [2.45, 2.75) is 17.9 Å². The number of benzene rings is 1. The summed E-state index contributed by atoms with van der Waals surface area (Å²) in [7, 11) is -1.75. The molecule has 1 atom stereocenters. The largest absolute Gasteiger partial charge is 0.478 e. The van der Waals surface area contributed by atoms with Crippen LogP contribution in [0.1, 0.15) is 17.3 Å². The number of rotatable bonds is 3. The van der Waals surface area contributed by atoms with Gasteiger partial charge in [-0.05, 0) is 32.2 Å². The zero-order valence-corrected chi connectivity index (χ0v) is 12.8. The number of likely N-dealkylation sites (N-methyl/N-ethyl adjacent to an activating group) is 1. The van der Waals surface area contributed by atoms with Crippen molar-refractivity contribution in [3.63, 3.8) is 0 Å². The molecule has 8 heteroatoms. The molecule has 0 amide bonds. The molecule has 3 N–H and O–H groups in total. The van der Waals surface area contributed by atoms with Gasteiger partial charge in [-0.3, -0.25) is 0 Å². The summed E-state index contributed by atoms with van der Waals surface area (Å²) in [4.78, 5) is 12.9. The second-order valence-corrected chi connectivity index (χ2v) is 7.16. The molecule has 1 unspecified atom stereocenters. The molecule has 116 valence electrons. The lowest BCUT2D eigenvalue weighted by Gasteiger charge is -2.36. The Balaban J connectivity index is 2.34. The van der Waals surface area contributed by atoms with Gasteiger partial charge in [-0.15, -0.1) is 0 Å². The van der Waals surface area contributed by atoms with Crippen LogP contribution in [0.15, 0.2) is 23.1 Å². The molecule has 0 aliphatic carbocycles. The number of carboxylic acids is 1. The Morgan fingerprint density at radius 1 is 1.38 bits per heavy atom. The van der Waals surface area contributed by atoms with Crippen LogP contribution < -0.4 is 5.73 Å². The molecule has 0 radical (unpaired) electrons. The molecule has 0 spiro atoms. The minimum atomic E-state index is -3.70. The first kappa shape index (κ1) is 15.7. The van der Waals surface area contributed by atoms with Crippen molar-refractivity contribution in [2.24, 2.45) is 0 Å². The lowest BCUT2D eigenvalue weighted by atomic mass is 10.2. The fourth-order valence-electron chi connectivity index (χ4n) is 2.29. The second-order valence-electron chi connectivity index (χ2n) is 5.25. The highest BCUT2D eigenvalue weighted by molar-refractivity contribution is 7.89. The Morgan fingerprint density at radius 3 is 2.57 bits per heavy atom. The fraction of sp³-hybridized carbons (Fsp3) is 0.462. The number of hydrogen-bond acceptors (Lipinski definition) is 5. The Kier molecular flexibility index (Phi) is 4.22. The number of carbonyl (C=O) groups is 1. The average molecular weight is 313 g/mol. The first-order valence-corrected chi connectivity index (χ1v) is 8.00. The van der Waals surface area contributed by atoms with E-state index in [0.29, 0.717) is 19.6 Å². The molecule has 1 saturated heterocycles. The lowest BCUT2D eigenvalue weighted by molar-refractivity contribution is 0.0697. The SMILES string of the molecule is CC1CN(S(=O)(=O)c2ccc(C(=O)O)cc2N)CCN1C. The van der Waals surface area contributed by atoms with Crippen LogP contribution in [0.2, 0.25) is 0 Å². The second kappa shape index (κ2) is 5.63. The molecule has 1 heterocycles. The zero-order chi connectivity index (χ0) is 15.8.